The Hall–Kier alpha value is -1.27. The van der Waals surface area contributed by atoms with Crippen molar-refractivity contribution in [1.29, 1.82) is 0 Å². The molecule has 21 heavy (non-hydrogen) atoms. The van der Waals surface area contributed by atoms with Crippen LogP contribution in [0.1, 0.15) is 37.6 Å². The molecule has 0 bridgehead atoms. The minimum Gasteiger partial charge on any atom is -0.496 e. The fraction of sp³-hybridized carbons (Fsp3) is 0.500. The number of ether oxygens (including phenoxy) is 1. The maximum atomic E-state index is 12.1. The second kappa shape index (κ2) is 6.66. The lowest BCUT2D eigenvalue weighted by atomic mass is 9.94. The van der Waals surface area contributed by atoms with Crippen LogP contribution in [0.3, 0.4) is 0 Å². The Balaban J connectivity index is 2.86. The lowest BCUT2D eigenvalue weighted by Crippen LogP contribution is -2.33. The summed E-state index contributed by atoms with van der Waals surface area (Å²) in [7, 11) is -2.30. The number of nitrogens with one attached hydrogen (secondary N) is 1. The second-order valence-electron chi connectivity index (χ2n) is 5.91. The number of hydrogen-bond donors (Lipinski definition) is 1. The molecule has 0 fully saturated rings. The summed E-state index contributed by atoms with van der Waals surface area (Å²) in [5, 5.41) is 0.402. The Labute approximate surface area is 130 Å². The summed E-state index contributed by atoms with van der Waals surface area (Å²) < 4.78 is 30.9. The summed E-state index contributed by atoms with van der Waals surface area (Å²) in [5.41, 5.74) is -0.00306. The van der Waals surface area contributed by atoms with Crippen molar-refractivity contribution < 1.29 is 17.9 Å². The number of amides is 1. The van der Waals surface area contributed by atoms with E-state index >= 15 is 0 Å². The predicted molar refractivity (Wildman–Crippen MR) is 83.3 cm³/mol. The highest BCUT2D eigenvalue weighted by Crippen LogP contribution is 2.23. The van der Waals surface area contributed by atoms with E-state index in [0.29, 0.717) is 11.4 Å². The van der Waals surface area contributed by atoms with Crippen LogP contribution in [0.15, 0.2) is 18.2 Å². The number of halogens is 1. The highest BCUT2D eigenvalue weighted by Gasteiger charge is 2.22. The van der Waals surface area contributed by atoms with Crippen molar-refractivity contribution in [2.45, 2.75) is 27.2 Å². The monoisotopic (exact) mass is 333 g/mol. The Morgan fingerprint density at radius 1 is 1.33 bits per heavy atom. The zero-order chi connectivity index (χ0) is 16.3. The molecule has 0 aromatic heterocycles. The van der Waals surface area contributed by atoms with Crippen molar-refractivity contribution in [2.24, 2.45) is 5.41 Å². The Morgan fingerprint density at radius 3 is 2.48 bits per heavy atom. The van der Waals surface area contributed by atoms with Gasteiger partial charge in [-0.2, -0.15) is 0 Å². The molecule has 5 nitrogen and oxygen atoms in total. The Kier molecular flexibility index (Phi) is 5.64. The quantitative estimate of drug-likeness (QED) is 0.899. The van der Waals surface area contributed by atoms with Gasteiger partial charge < -0.3 is 4.74 Å². The summed E-state index contributed by atoms with van der Waals surface area (Å²) in [4.78, 5) is 12.1. The van der Waals surface area contributed by atoms with Crippen molar-refractivity contribution in [1.82, 2.24) is 4.72 Å². The number of hydrogen-bond acceptors (Lipinski definition) is 4. The highest BCUT2D eigenvalue weighted by atomic mass is 35.5. The average Bonchev–Trinajstić information content (AvgIpc) is 2.35. The molecular formula is C14H20ClNO4S. The van der Waals surface area contributed by atoms with E-state index < -0.39 is 15.9 Å². The molecule has 0 heterocycles. The molecule has 0 saturated heterocycles. The van der Waals surface area contributed by atoms with Crippen molar-refractivity contribution in [3.8, 4) is 5.75 Å². The fourth-order valence-electron chi connectivity index (χ4n) is 1.54. The normalized spacial score (nSPS) is 12.0. The van der Waals surface area contributed by atoms with Gasteiger partial charge in [0.05, 0.1) is 18.4 Å². The minimum absolute atomic E-state index is 0.113. The molecule has 0 aliphatic heterocycles. The second-order valence-corrected chi connectivity index (χ2v) is 8.18. The molecule has 118 valence electrons. The van der Waals surface area contributed by atoms with Gasteiger partial charge in [0.25, 0.3) is 5.91 Å². The van der Waals surface area contributed by atoms with Gasteiger partial charge in [0.2, 0.25) is 10.0 Å². The number of rotatable bonds is 5. The lowest BCUT2D eigenvalue weighted by molar-refractivity contribution is 0.0978. The van der Waals surface area contributed by atoms with Crippen molar-refractivity contribution in [2.75, 3.05) is 12.9 Å². The van der Waals surface area contributed by atoms with Crippen LogP contribution in [0.4, 0.5) is 0 Å². The molecule has 0 atom stereocenters. The maximum Gasteiger partial charge on any atom is 0.268 e. The zero-order valence-electron chi connectivity index (χ0n) is 12.6. The molecule has 7 heteroatoms. The molecule has 0 spiro atoms. The first-order chi connectivity index (χ1) is 9.54. The summed E-state index contributed by atoms with van der Waals surface area (Å²) in [6.07, 6.45) is 0.452. The Bertz CT molecular complexity index is 620. The summed E-state index contributed by atoms with van der Waals surface area (Å²) in [6.45, 7) is 5.81. The molecule has 0 radical (unpaired) electrons. The molecule has 0 saturated carbocycles. The van der Waals surface area contributed by atoms with Crippen LogP contribution in [0.25, 0.3) is 0 Å². The van der Waals surface area contributed by atoms with E-state index in [1.54, 1.807) is 0 Å². The fourth-order valence-corrected chi connectivity index (χ4v) is 3.08. The van der Waals surface area contributed by atoms with Gasteiger partial charge in [0.15, 0.2) is 0 Å². The summed E-state index contributed by atoms with van der Waals surface area (Å²) in [6, 6.07) is 4.38. The van der Waals surface area contributed by atoms with Crippen LogP contribution in [-0.2, 0) is 10.0 Å². The van der Waals surface area contributed by atoms with Crippen LogP contribution in [0, 0.1) is 5.41 Å². The van der Waals surface area contributed by atoms with Crippen molar-refractivity contribution in [3.63, 3.8) is 0 Å². The van der Waals surface area contributed by atoms with Gasteiger partial charge in [-0.15, -0.1) is 0 Å². The van der Waals surface area contributed by atoms with Crippen LogP contribution >= 0.6 is 11.6 Å². The standard InChI is InChI=1S/C14H20ClNO4S/c1-14(2,3)7-8-21(18,19)16-13(17)11-6-5-10(15)9-12(11)20-4/h5-6,9H,7-8H2,1-4H3,(H,16,17). The number of benzene rings is 1. The average molecular weight is 334 g/mol. The third-order valence-corrected chi connectivity index (χ3v) is 4.25. The molecule has 1 aromatic carbocycles. The Morgan fingerprint density at radius 2 is 1.95 bits per heavy atom. The first-order valence-electron chi connectivity index (χ1n) is 6.42. The van der Waals surface area contributed by atoms with Gasteiger partial charge in [-0.25, -0.2) is 13.1 Å². The number of carbonyl (C=O) groups excluding carboxylic acids is 1. The first-order valence-corrected chi connectivity index (χ1v) is 8.45. The van der Waals surface area contributed by atoms with Gasteiger partial charge in [0, 0.05) is 5.02 Å². The topological polar surface area (TPSA) is 72.5 Å². The minimum atomic E-state index is -3.69. The SMILES string of the molecule is COc1cc(Cl)ccc1C(=O)NS(=O)(=O)CCC(C)(C)C. The molecule has 1 N–H and O–H groups in total. The van der Waals surface area contributed by atoms with Gasteiger partial charge in [-0.3, -0.25) is 4.79 Å². The number of sulfonamides is 1. The van der Waals surface area contributed by atoms with E-state index in [-0.39, 0.29) is 22.5 Å². The highest BCUT2D eigenvalue weighted by molar-refractivity contribution is 7.90. The maximum absolute atomic E-state index is 12.1. The van der Waals surface area contributed by atoms with Gasteiger partial charge >= 0.3 is 0 Å². The molecule has 0 unspecified atom stereocenters. The molecule has 1 amide bonds. The van der Waals surface area contributed by atoms with E-state index in [4.69, 9.17) is 16.3 Å². The first kappa shape index (κ1) is 17.8. The van der Waals surface area contributed by atoms with Crippen LogP contribution in [0.5, 0.6) is 5.75 Å². The molecular weight excluding hydrogens is 314 g/mol. The van der Waals surface area contributed by atoms with E-state index in [1.165, 1.54) is 25.3 Å². The summed E-state index contributed by atoms with van der Waals surface area (Å²) >= 11 is 5.80. The van der Waals surface area contributed by atoms with E-state index in [1.807, 2.05) is 25.5 Å². The largest absolute Gasteiger partial charge is 0.496 e. The van der Waals surface area contributed by atoms with E-state index in [0.717, 1.165) is 0 Å². The van der Waals surface area contributed by atoms with Crippen molar-refractivity contribution in [3.05, 3.63) is 28.8 Å². The van der Waals surface area contributed by atoms with E-state index in [2.05, 4.69) is 0 Å². The molecule has 0 aliphatic carbocycles. The number of methoxy groups -OCH3 is 1. The smallest absolute Gasteiger partial charge is 0.268 e. The molecule has 0 aliphatic rings. The molecule has 1 rings (SSSR count). The third-order valence-electron chi connectivity index (χ3n) is 2.78. The van der Waals surface area contributed by atoms with Gasteiger partial charge in [-0.05, 0) is 30.0 Å². The summed E-state index contributed by atoms with van der Waals surface area (Å²) in [5.74, 6) is -0.610. The van der Waals surface area contributed by atoms with Crippen LogP contribution < -0.4 is 9.46 Å². The van der Waals surface area contributed by atoms with Crippen molar-refractivity contribution >= 4 is 27.5 Å². The number of carbonyl (C=O) groups is 1. The molecule has 1 aromatic rings. The van der Waals surface area contributed by atoms with Gasteiger partial charge in [0.1, 0.15) is 5.75 Å². The zero-order valence-corrected chi connectivity index (χ0v) is 14.1. The van der Waals surface area contributed by atoms with Crippen LogP contribution in [-0.4, -0.2) is 27.2 Å². The lowest BCUT2D eigenvalue weighted by Gasteiger charge is -2.18. The van der Waals surface area contributed by atoms with E-state index in [9.17, 15) is 13.2 Å². The van der Waals surface area contributed by atoms with Crippen LogP contribution in [0.2, 0.25) is 5.02 Å². The third kappa shape index (κ3) is 5.93. The predicted octanol–water partition coefficient (Wildman–Crippen LogP) is 2.84. The van der Waals surface area contributed by atoms with Gasteiger partial charge in [-0.1, -0.05) is 32.4 Å².